The van der Waals surface area contributed by atoms with Crippen molar-refractivity contribution in [3.63, 3.8) is 0 Å². The fraction of sp³-hybridized carbons (Fsp3) is 0.125. The Kier molecular flexibility index (Phi) is 3.66. The zero-order valence-corrected chi connectivity index (χ0v) is 11.3. The van der Waals surface area contributed by atoms with Gasteiger partial charge in [-0.25, -0.2) is 0 Å². The Labute approximate surface area is 121 Å². The van der Waals surface area contributed by atoms with Gasteiger partial charge in [-0.2, -0.15) is 5.10 Å². The monoisotopic (exact) mass is 281 g/mol. The number of carbonyl (C=O) groups excluding carboxylic acids is 1. The lowest BCUT2D eigenvalue weighted by Gasteiger charge is -2.11. The maximum absolute atomic E-state index is 12.2. The van der Waals surface area contributed by atoms with Gasteiger partial charge in [0.15, 0.2) is 5.69 Å². The van der Waals surface area contributed by atoms with Crippen LogP contribution in [0, 0.1) is 0 Å². The molecule has 1 amide bonds. The van der Waals surface area contributed by atoms with Gasteiger partial charge in [-0.15, -0.1) is 0 Å². The molecule has 3 N–H and O–H groups in total. The molecule has 1 atom stereocenters. The predicted octanol–water partition coefficient (Wildman–Crippen LogP) is 2.03. The van der Waals surface area contributed by atoms with E-state index in [0.717, 1.165) is 16.5 Å². The van der Waals surface area contributed by atoms with Crippen LogP contribution in [-0.2, 0) is 0 Å². The number of nitrogens with zero attached hydrogens (tertiary/aromatic N) is 1. The quantitative estimate of drug-likeness (QED) is 0.684. The molecule has 2 aromatic carbocycles. The van der Waals surface area contributed by atoms with Crippen molar-refractivity contribution in [2.75, 3.05) is 6.54 Å². The Morgan fingerprint density at radius 1 is 1.14 bits per heavy atom. The Morgan fingerprint density at radius 3 is 2.67 bits per heavy atom. The van der Waals surface area contributed by atoms with E-state index in [2.05, 4.69) is 15.5 Å². The zero-order valence-electron chi connectivity index (χ0n) is 11.3. The minimum Gasteiger partial charge on any atom is -0.387 e. The summed E-state index contributed by atoms with van der Waals surface area (Å²) in [5.74, 6) is -0.303. The molecule has 0 spiro atoms. The molecule has 0 saturated heterocycles. The number of aliphatic hydroxyl groups excluding tert-OH is 1. The smallest absolute Gasteiger partial charge is 0.272 e. The molecule has 3 rings (SSSR count). The summed E-state index contributed by atoms with van der Waals surface area (Å²) in [6, 6.07) is 16.6. The van der Waals surface area contributed by atoms with Gasteiger partial charge in [-0.05, 0) is 11.6 Å². The van der Waals surface area contributed by atoms with Crippen molar-refractivity contribution in [2.45, 2.75) is 6.10 Å². The summed E-state index contributed by atoms with van der Waals surface area (Å²) in [6.07, 6.45) is -0.736. The van der Waals surface area contributed by atoms with Gasteiger partial charge in [0.1, 0.15) is 0 Å². The van der Waals surface area contributed by atoms with Crippen LogP contribution in [0.4, 0.5) is 0 Å². The summed E-state index contributed by atoms with van der Waals surface area (Å²) >= 11 is 0. The predicted molar refractivity (Wildman–Crippen MR) is 79.8 cm³/mol. The molecule has 0 aliphatic heterocycles. The van der Waals surface area contributed by atoms with Crippen molar-refractivity contribution in [3.05, 3.63) is 65.9 Å². The number of benzene rings is 2. The zero-order chi connectivity index (χ0) is 14.7. The number of carbonyl (C=O) groups is 1. The number of rotatable bonds is 4. The lowest BCUT2D eigenvalue weighted by molar-refractivity contribution is 0.0913. The molecule has 1 heterocycles. The summed E-state index contributed by atoms with van der Waals surface area (Å²) in [7, 11) is 0. The van der Waals surface area contributed by atoms with Gasteiger partial charge in [-0.1, -0.05) is 48.5 Å². The lowest BCUT2D eigenvalue weighted by Crippen LogP contribution is -2.28. The van der Waals surface area contributed by atoms with Gasteiger partial charge in [-0.3, -0.25) is 9.89 Å². The molecule has 0 aliphatic carbocycles. The molecule has 21 heavy (non-hydrogen) atoms. The van der Waals surface area contributed by atoms with Crippen molar-refractivity contribution >= 4 is 16.8 Å². The molecular weight excluding hydrogens is 266 g/mol. The standard InChI is InChI=1S/C16H15N3O2/c20-14(11-6-2-1-3-7-11)10-17-16(21)15-12-8-4-5-9-13(12)18-19-15/h1-9,14,20H,10H2,(H,17,21)(H,18,19)/t14-/m1/s1. The van der Waals surface area contributed by atoms with E-state index in [4.69, 9.17) is 0 Å². The number of para-hydroxylation sites is 1. The van der Waals surface area contributed by atoms with E-state index >= 15 is 0 Å². The molecule has 0 bridgehead atoms. The van der Waals surface area contributed by atoms with Crippen LogP contribution in [0.1, 0.15) is 22.2 Å². The maximum atomic E-state index is 12.2. The summed E-state index contributed by atoms with van der Waals surface area (Å²) in [5.41, 5.74) is 1.92. The first kappa shape index (κ1) is 13.3. The number of H-pyrrole nitrogens is 1. The highest BCUT2D eigenvalue weighted by Gasteiger charge is 2.15. The van der Waals surface area contributed by atoms with Crippen molar-refractivity contribution in [1.82, 2.24) is 15.5 Å². The van der Waals surface area contributed by atoms with Crippen molar-refractivity contribution in [3.8, 4) is 0 Å². The molecule has 106 valence electrons. The first-order chi connectivity index (χ1) is 10.3. The fourth-order valence-electron chi connectivity index (χ4n) is 2.20. The largest absolute Gasteiger partial charge is 0.387 e. The number of aromatic amines is 1. The Morgan fingerprint density at radius 2 is 1.86 bits per heavy atom. The third-order valence-corrected chi connectivity index (χ3v) is 3.33. The fourth-order valence-corrected chi connectivity index (χ4v) is 2.20. The van der Waals surface area contributed by atoms with E-state index in [1.54, 1.807) is 0 Å². The van der Waals surface area contributed by atoms with Crippen LogP contribution in [0.2, 0.25) is 0 Å². The molecule has 3 aromatic rings. The second-order valence-electron chi connectivity index (χ2n) is 4.75. The molecule has 0 unspecified atom stereocenters. The highest BCUT2D eigenvalue weighted by molar-refractivity contribution is 6.04. The number of aromatic nitrogens is 2. The van der Waals surface area contributed by atoms with Crippen LogP contribution in [0.5, 0.6) is 0 Å². The highest BCUT2D eigenvalue weighted by atomic mass is 16.3. The minimum atomic E-state index is -0.736. The van der Waals surface area contributed by atoms with Gasteiger partial charge < -0.3 is 10.4 Å². The van der Waals surface area contributed by atoms with Crippen LogP contribution in [-0.4, -0.2) is 27.8 Å². The van der Waals surface area contributed by atoms with Crippen molar-refractivity contribution in [1.29, 1.82) is 0 Å². The second kappa shape index (κ2) is 5.76. The van der Waals surface area contributed by atoms with Gasteiger partial charge in [0.25, 0.3) is 5.91 Å². The number of hydrogen-bond donors (Lipinski definition) is 3. The van der Waals surface area contributed by atoms with Crippen molar-refractivity contribution in [2.24, 2.45) is 0 Å². The van der Waals surface area contributed by atoms with Gasteiger partial charge in [0.05, 0.1) is 11.6 Å². The summed E-state index contributed by atoms with van der Waals surface area (Å²) < 4.78 is 0. The molecule has 0 saturated carbocycles. The third kappa shape index (κ3) is 2.78. The lowest BCUT2D eigenvalue weighted by atomic mass is 10.1. The Balaban J connectivity index is 1.70. The van der Waals surface area contributed by atoms with E-state index in [9.17, 15) is 9.90 Å². The topological polar surface area (TPSA) is 78.0 Å². The number of aliphatic hydroxyl groups is 1. The van der Waals surface area contributed by atoms with Crippen LogP contribution in [0.3, 0.4) is 0 Å². The minimum absolute atomic E-state index is 0.143. The summed E-state index contributed by atoms with van der Waals surface area (Å²) in [6.45, 7) is 0.143. The average molecular weight is 281 g/mol. The second-order valence-corrected chi connectivity index (χ2v) is 4.75. The molecule has 0 radical (unpaired) electrons. The van der Waals surface area contributed by atoms with Crippen LogP contribution >= 0.6 is 0 Å². The summed E-state index contributed by atoms with van der Waals surface area (Å²) in [5, 5.41) is 20.4. The summed E-state index contributed by atoms with van der Waals surface area (Å²) in [4.78, 5) is 12.2. The van der Waals surface area contributed by atoms with Crippen LogP contribution < -0.4 is 5.32 Å². The van der Waals surface area contributed by atoms with E-state index in [1.807, 2.05) is 54.6 Å². The molecule has 0 aliphatic rings. The number of amides is 1. The molecule has 5 heteroatoms. The molecule has 1 aromatic heterocycles. The molecule has 5 nitrogen and oxygen atoms in total. The highest BCUT2D eigenvalue weighted by Crippen LogP contribution is 2.15. The first-order valence-electron chi connectivity index (χ1n) is 6.70. The molecule has 0 fully saturated rings. The number of fused-ring (bicyclic) bond motifs is 1. The average Bonchev–Trinajstić information content (AvgIpc) is 2.97. The van der Waals surface area contributed by atoms with Gasteiger partial charge in [0.2, 0.25) is 0 Å². The van der Waals surface area contributed by atoms with Crippen LogP contribution in [0.25, 0.3) is 10.9 Å². The Hall–Kier alpha value is -2.66. The number of nitrogens with one attached hydrogen (secondary N) is 2. The van der Waals surface area contributed by atoms with Crippen LogP contribution in [0.15, 0.2) is 54.6 Å². The maximum Gasteiger partial charge on any atom is 0.272 e. The Bertz CT molecular complexity index is 752. The van der Waals surface area contributed by atoms with Gasteiger partial charge >= 0.3 is 0 Å². The SMILES string of the molecule is O=C(NC[C@@H](O)c1ccccc1)c1n[nH]c2ccccc12. The number of hydrogen-bond acceptors (Lipinski definition) is 3. The van der Waals surface area contributed by atoms with E-state index in [1.165, 1.54) is 0 Å². The van der Waals surface area contributed by atoms with E-state index in [0.29, 0.717) is 5.69 Å². The van der Waals surface area contributed by atoms with Crippen molar-refractivity contribution < 1.29 is 9.90 Å². The van der Waals surface area contributed by atoms with Gasteiger partial charge in [0, 0.05) is 11.9 Å². The van der Waals surface area contributed by atoms with E-state index < -0.39 is 6.10 Å². The van der Waals surface area contributed by atoms with E-state index in [-0.39, 0.29) is 12.5 Å². The third-order valence-electron chi connectivity index (χ3n) is 3.33. The molecular formula is C16H15N3O2. The first-order valence-corrected chi connectivity index (χ1v) is 6.70. The normalized spacial score (nSPS) is 12.2.